The molecule has 1 fully saturated rings. The Morgan fingerprint density at radius 3 is 2.29 bits per heavy atom. The quantitative estimate of drug-likeness (QED) is 0.489. The molecule has 5 heteroatoms. The molecule has 0 bridgehead atoms. The normalized spacial score (nSPS) is 16.8. The molecule has 1 aliphatic heterocycles. The highest BCUT2D eigenvalue weighted by Crippen LogP contribution is 2.23. The van der Waals surface area contributed by atoms with Crippen LogP contribution in [0.15, 0.2) is 30.3 Å². The van der Waals surface area contributed by atoms with Gasteiger partial charge in [0.15, 0.2) is 0 Å². The predicted molar refractivity (Wildman–Crippen MR) is 90.5 cm³/mol. The van der Waals surface area contributed by atoms with Crippen LogP contribution in [-0.2, 0) is 4.74 Å². The first kappa shape index (κ1) is 18.0. The Morgan fingerprint density at radius 2 is 1.75 bits per heavy atom. The van der Waals surface area contributed by atoms with E-state index in [4.69, 9.17) is 4.74 Å². The van der Waals surface area contributed by atoms with Crippen LogP contribution in [0.1, 0.15) is 44.0 Å². The third kappa shape index (κ3) is 5.10. The second-order valence-electron chi connectivity index (χ2n) is 6.94. The summed E-state index contributed by atoms with van der Waals surface area (Å²) in [5, 5.41) is 10.5. The Kier molecular flexibility index (Phi) is 5.30. The smallest absolute Gasteiger partial charge is 0.410 e. The largest absolute Gasteiger partial charge is 0.444 e. The molecule has 1 N–H and O–H groups in total. The van der Waals surface area contributed by atoms with Crippen LogP contribution < -0.4 is 0 Å². The van der Waals surface area contributed by atoms with E-state index in [0.29, 0.717) is 31.5 Å². The second kappa shape index (κ2) is 7.06. The lowest BCUT2D eigenvalue weighted by molar-refractivity contribution is -0.00519. The van der Waals surface area contributed by atoms with Gasteiger partial charge in [-0.1, -0.05) is 36.3 Å². The zero-order valence-corrected chi connectivity index (χ0v) is 14.3. The molecule has 5 nitrogen and oxygen atoms in total. The average molecular weight is 329 g/mol. The number of carbonyl (C=O) groups is 2. The van der Waals surface area contributed by atoms with Crippen molar-refractivity contribution in [3.05, 3.63) is 35.9 Å². The molecule has 2 rings (SSSR count). The van der Waals surface area contributed by atoms with Crippen LogP contribution in [0.5, 0.6) is 0 Å². The van der Waals surface area contributed by atoms with Gasteiger partial charge in [-0.25, -0.2) is 4.79 Å². The summed E-state index contributed by atoms with van der Waals surface area (Å²) < 4.78 is 5.32. The summed E-state index contributed by atoms with van der Waals surface area (Å²) >= 11 is 0. The molecular formula is C19H23NO4. The number of ketones is 1. The molecule has 128 valence electrons. The molecule has 0 unspecified atom stereocenters. The second-order valence-corrected chi connectivity index (χ2v) is 6.94. The van der Waals surface area contributed by atoms with Crippen molar-refractivity contribution in [1.29, 1.82) is 0 Å². The lowest BCUT2D eigenvalue weighted by Crippen LogP contribution is -2.47. The van der Waals surface area contributed by atoms with Crippen molar-refractivity contribution < 1.29 is 19.4 Å². The number of carbonyl (C=O) groups excluding carboxylic acids is 2. The molecule has 0 atom stereocenters. The first-order chi connectivity index (χ1) is 11.2. The number of rotatable bonds is 1. The van der Waals surface area contributed by atoms with Crippen molar-refractivity contribution in [2.45, 2.75) is 44.8 Å². The standard InChI is InChI=1S/C19H23NO4/c1-18(2,3)24-17(22)20-13-11-19(23,12-14-20)10-9-16(21)15-7-5-4-6-8-15/h4-8,23H,11-14H2,1-3H3. The molecule has 1 saturated heterocycles. The van der Waals surface area contributed by atoms with E-state index in [2.05, 4.69) is 11.8 Å². The van der Waals surface area contributed by atoms with Crippen molar-refractivity contribution in [3.63, 3.8) is 0 Å². The Morgan fingerprint density at radius 1 is 1.17 bits per heavy atom. The van der Waals surface area contributed by atoms with E-state index >= 15 is 0 Å². The van der Waals surface area contributed by atoms with E-state index in [9.17, 15) is 14.7 Å². The molecule has 0 aromatic heterocycles. The molecule has 0 spiro atoms. The number of nitrogens with zero attached hydrogens (tertiary/aromatic N) is 1. The van der Waals surface area contributed by atoms with Crippen LogP contribution in [0.25, 0.3) is 0 Å². The molecule has 0 saturated carbocycles. The van der Waals surface area contributed by atoms with Crippen molar-refractivity contribution in [1.82, 2.24) is 4.90 Å². The van der Waals surface area contributed by atoms with Gasteiger partial charge in [-0.05, 0) is 26.7 Å². The van der Waals surface area contributed by atoms with E-state index in [-0.39, 0.29) is 5.78 Å². The van der Waals surface area contributed by atoms with Gasteiger partial charge < -0.3 is 14.7 Å². The van der Waals surface area contributed by atoms with Crippen LogP contribution in [0.4, 0.5) is 4.79 Å². The van der Waals surface area contributed by atoms with Gasteiger partial charge >= 0.3 is 6.09 Å². The summed E-state index contributed by atoms with van der Waals surface area (Å²) in [6, 6.07) is 8.73. The van der Waals surface area contributed by atoms with Gasteiger partial charge in [-0.2, -0.15) is 0 Å². The van der Waals surface area contributed by atoms with Gasteiger partial charge in [0, 0.05) is 31.5 Å². The van der Waals surface area contributed by atoms with Crippen molar-refractivity contribution >= 4 is 11.9 Å². The monoisotopic (exact) mass is 329 g/mol. The van der Waals surface area contributed by atoms with Gasteiger partial charge in [-0.3, -0.25) is 4.79 Å². The zero-order chi connectivity index (χ0) is 17.8. The summed E-state index contributed by atoms with van der Waals surface area (Å²) in [4.78, 5) is 25.6. The number of likely N-dealkylation sites (tertiary alicyclic amines) is 1. The Bertz CT molecular complexity index is 656. The molecule has 1 heterocycles. The van der Waals surface area contributed by atoms with Crippen LogP contribution in [0.3, 0.4) is 0 Å². The van der Waals surface area contributed by atoms with E-state index in [1.807, 2.05) is 26.8 Å². The van der Waals surface area contributed by atoms with Crippen LogP contribution in [0.2, 0.25) is 0 Å². The van der Waals surface area contributed by atoms with E-state index in [1.54, 1.807) is 29.2 Å². The highest BCUT2D eigenvalue weighted by molar-refractivity contribution is 6.09. The average Bonchev–Trinajstić information content (AvgIpc) is 2.52. The highest BCUT2D eigenvalue weighted by Gasteiger charge is 2.34. The topological polar surface area (TPSA) is 66.8 Å². The molecule has 24 heavy (non-hydrogen) atoms. The molecule has 1 aromatic rings. The number of amides is 1. The fourth-order valence-corrected chi connectivity index (χ4v) is 2.35. The van der Waals surface area contributed by atoms with E-state index in [0.717, 1.165) is 0 Å². The third-order valence-corrected chi connectivity index (χ3v) is 3.69. The molecular weight excluding hydrogens is 306 g/mol. The summed E-state index contributed by atoms with van der Waals surface area (Å²) in [5.41, 5.74) is -1.30. The lowest BCUT2D eigenvalue weighted by Gasteiger charge is -2.35. The number of piperidine rings is 1. The maximum absolute atomic E-state index is 12.0. The third-order valence-electron chi connectivity index (χ3n) is 3.69. The number of ether oxygens (including phenoxy) is 1. The first-order valence-electron chi connectivity index (χ1n) is 8.01. The van der Waals surface area contributed by atoms with Crippen molar-refractivity contribution in [3.8, 4) is 11.8 Å². The number of Topliss-reactive ketones (excluding diaryl/α,β-unsaturated/α-hetero) is 1. The summed E-state index contributed by atoms with van der Waals surface area (Å²) in [6.45, 7) is 6.13. The Balaban J connectivity index is 1.95. The molecule has 1 aromatic carbocycles. The number of benzene rings is 1. The van der Waals surface area contributed by atoms with Crippen molar-refractivity contribution in [2.75, 3.05) is 13.1 Å². The highest BCUT2D eigenvalue weighted by atomic mass is 16.6. The van der Waals surface area contributed by atoms with Gasteiger partial charge in [0.1, 0.15) is 11.2 Å². The van der Waals surface area contributed by atoms with Gasteiger partial charge in [0.05, 0.1) is 0 Å². The SMILES string of the molecule is CC(C)(C)OC(=O)N1CCC(O)(C#CC(=O)c2ccccc2)CC1. The maximum atomic E-state index is 12.0. The summed E-state index contributed by atoms with van der Waals surface area (Å²) in [5.74, 6) is 4.88. The minimum Gasteiger partial charge on any atom is -0.444 e. The molecule has 1 aliphatic rings. The Labute approximate surface area is 142 Å². The van der Waals surface area contributed by atoms with Gasteiger partial charge in [0.2, 0.25) is 5.78 Å². The number of hydrogen-bond donors (Lipinski definition) is 1. The van der Waals surface area contributed by atoms with Gasteiger partial charge in [0.25, 0.3) is 0 Å². The predicted octanol–water partition coefficient (Wildman–Crippen LogP) is 2.63. The van der Waals surface area contributed by atoms with Gasteiger partial charge in [-0.15, -0.1) is 0 Å². The summed E-state index contributed by atoms with van der Waals surface area (Å²) in [6.07, 6.45) is 0.195. The number of hydrogen-bond acceptors (Lipinski definition) is 4. The molecule has 0 radical (unpaired) electrons. The summed E-state index contributed by atoms with van der Waals surface area (Å²) in [7, 11) is 0. The number of aliphatic hydroxyl groups is 1. The molecule has 0 aliphatic carbocycles. The van der Waals surface area contributed by atoms with Crippen LogP contribution in [0, 0.1) is 11.8 Å². The fourth-order valence-electron chi connectivity index (χ4n) is 2.35. The first-order valence-corrected chi connectivity index (χ1v) is 8.01. The maximum Gasteiger partial charge on any atom is 0.410 e. The van der Waals surface area contributed by atoms with Crippen LogP contribution in [-0.4, -0.2) is 46.2 Å². The van der Waals surface area contributed by atoms with Crippen molar-refractivity contribution in [2.24, 2.45) is 0 Å². The fraction of sp³-hybridized carbons (Fsp3) is 0.474. The van der Waals surface area contributed by atoms with E-state index in [1.165, 1.54) is 0 Å². The minimum atomic E-state index is -1.25. The minimum absolute atomic E-state index is 0.293. The van der Waals surface area contributed by atoms with E-state index < -0.39 is 17.3 Å². The lowest BCUT2D eigenvalue weighted by atomic mass is 9.92. The Hall–Kier alpha value is -2.32. The zero-order valence-electron chi connectivity index (χ0n) is 14.3. The molecule has 1 amide bonds. The van der Waals surface area contributed by atoms with Crippen LogP contribution >= 0.6 is 0 Å².